The summed E-state index contributed by atoms with van der Waals surface area (Å²) in [7, 11) is 3.16. The van der Waals surface area contributed by atoms with Crippen LogP contribution < -0.4 is 14.8 Å². The second kappa shape index (κ2) is 10.4. The van der Waals surface area contributed by atoms with E-state index in [1.54, 1.807) is 49.5 Å². The highest BCUT2D eigenvalue weighted by atomic mass is 19.1. The number of halogens is 1. The van der Waals surface area contributed by atoms with Crippen molar-refractivity contribution < 1.29 is 23.5 Å². The molecule has 0 unspecified atom stereocenters. The van der Waals surface area contributed by atoms with Crippen molar-refractivity contribution in [1.29, 1.82) is 0 Å². The molecule has 1 aliphatic heterocycles. The highest BCUT2D eigenvalue weighted by Crippen LogP contribution is 2.40. The Bertz CT molecular complexity index is 1150. The fourth-order valence-electron chi connectivity index (χ4n) is 4.37. The Labute approximate surface area is 198 Å². The van der Waals surface area contributed by atoms with E-state index in [-0.39, 0.29) is 36.6 Å². The van der Waals surface area contributed by atoms with Crippen LogP contribution in [0.15, 0.2) is 72.8 Å². The van der Waals surface area contributed by atoms with Gasteiger partial charge in [0.05, 0.1) is 20.1 Å². The third-order valence-corrected chi connectivity index (χ3v) is 6.18. The third kappa shape index (κ3) is 5.03. The van der Waals surface area contributed by atoms with Crippen LogP contribution in [0, 0.1) is 11.7 Å². The number of carbonyl (C=O) groups excluding carboxylic acids is 2. The maximum Gasteiger partial charge on any atom is 0.253 e. The van der Waals surface area contributed by atoms with Crippen molar-refractivity contribution in [2.45, 2.75) is 12.5 Å². The molecule has 4 rings (SSSR count). The second-order valence-electron chi connectivity index (χ2n) is 8.24. The monoisotopic (exact) mass is 462 g/mol. The number of benzene rings is 3. The Kier molecular flexibility index (Phi) is 7.11. The van der Waals surface area contributed by atoms with Crippen molar-refractivity contribution in [3.8, 4) is 11.5 Å². The summed E-state index contributed by atoms with van der Waals surface area (Å²) < 4.78 is 24.2. The summed E-state index contributed by atoms with van der Waals surface area (Å²) in [5, 5.41) is 2.95. The summed E-state index contributed by atoms with van der Waals surface area (Å²) in [6, 6.07) is 20.5. The van der Waals surface area contributed by atoms with Gasteiger partial charge in [-0.2, -0.15) is 0 Å². The Morgan fingerprint density at radius 3 is 2.38 bits per heavy atom. The zero-order valence-electron chi connectivity index (χ0n) is 19.2. The molecule has 0 saturated carbocycles. The summed E-state index contributed by atoms with van der Waals surface area (Å²) >= 11 is 0. The predicted molar refractivity (Wildman–Crippen MR) is 126 cm³/mol. The quantitative estimate of drug-likeness (QED) is 0.576. The van der Waals surface area contributed by atoms with E-state index >= 15 is 0 Å². The maximum atomic E-state index is 13.3. The molecule has 1 aliphatic rings. The van der Waals surface area contributed by atoms with Crippen molar-refractivity contribution in [2.24, 2.45) is 5.92 Å². The van der Waals surface area contributed by atoms with E-state index in [9.17, 15) is 14.0 Å². The molecule has 176 valence electrons. The number of carbonyl (C=O) groups is 2. The van der Waals surface area contributed by atoms with Gasteiger partial charge in [0.2, 0.25) is 5.91 Å². The van der Waals surface area contributed by atoms with Crippen LogP contribution in [0.5, 0.6) is 11.5 Å². The van der Waals surface area contributed by atoms with Crippen LogP contribution in [0.3, 0.4) is 0 Å². The zero-order chi connectivity index (χ0) is 24.1. The normalized spacial score (nSPS) is 17.3. The fourth-order valence-corrected chi connectivity index (χ4v) is 4.37. The Balaban J connectivity index is 1.61. The lowest BCUT2D eigenvalue weighted by Gasteiger charge is -2.21. The number of rotatable bonds is 7. The van der Waals surface area contributed by atoms with E-state index in [1.165, 1.54) is 12.1 Å². The van der Waals surface area contributed by atoms with Gasteiger partial charge in [-0.1, -0.05) is 30.3 Å². The SMILES string of the molecule is COc1ccc(OC)c([C@@H]2CN(C(=O)c3ccccc3)C[C@H]2C(=O)NCc2ccc(F)cc2)c1. The lowest BCUT2D eigenvalue weighted by atomic mass is 9.87. The molecule has 0 aliphatic carbocycles. The minimum absolute atomic E-state index is 0.124. The molecule has 0 spiro atoms. The van der Waals surface area contributed by atoms with Gasteiger partial charge in [0.25, 0.3) is 5.91 Å². The van der Waals surface area contributed by atoms with Gasteiger partial charge in [0, 0.05) is 36.7 Å². The number of methoxy groups -OCH3 is 2. The predicted octanol–water partition coefficient (Wildman–Crippen LogP) is 4.02. The molecule has 6 nitrogen and oxygen atoms in total. The van der Waals surface area contributed by atoms with E-state index in [2.05, 4.69) is 5.32 Å². The summed E-state index contributed by atoms with van der Waals surface area (Å²) in [6.45, 7) is 0.907. The first-order valence-corrected chi connectivity index (χ1v) is 11.1. The first-order chi connectivity index (χ1) is 16.5. The molecule has 34 heavy (non-hydrogen) atoms. The lowest BCUT2D eigenvalue weighted by molar-refractivity contribution is -0.125. The molecule has 3 aromatic rings. The summed E-state index contributed by atoms with van der Waals surface area (Å²) in [6.07, 6.45) is 0. The minimum Gasteiger partial charge on any atom is -0.497 e. The van der Waals surface area contributed by atoms with Gasteiger partial charge in [-0.05, 0) is 48.0 Å². The number of nitrogens with one attached hydrogen (secondary N) is 1. The molecule has 0 radical (unpaired) electrons. The van der Waals surface area contributed by atoms with Gasteiger partial charge in [-0.3, -0.25) is 9.59 Å². The molecule has 0 aromatic heterocycles. The molecule has 3 aromatic carbocycles. The molecular weight excluding hydrogens is 435 g/mol. The summed E-state index contributed by atoms with van der Waals surface area (Å²) in [5.41, 5.74) is 2.18. The van der Waals surface area contributed by atoms with Crippen LogP contribution >= 0.6 is 0 Å². The van der Waals surface area contributed by atoms with Crippen LogP contribution in [0.1, 0.15) is 27.4 Å². The summed E-state index contributed by atoms with van der Waals surface area (Å²) in [4.78, 5) is 28.2. The van der Waals surface area contributed by atoms with E-state index in [0.717, 1.165) is 11.1 Å². The Morgan fingerprint density at radius 1 is 0.971 bits per heavy atom. The molecule has 1 saturated heterocycles. The molecule has 1 fully saturated rings. The molecule has 2 amide bonds. The number of amides is 2. The first kappa shape index (κ1) is 23.3. The smallest absolute Gasteiger partial charge is 0.253 e. The number of nitrogens with zero attached hydrogens (tertiary/aromatic N) is 1. The second-order valence-corrected chi connectivity index (χ2v) is 8.24. The van der Waals surface area contributed by atoms with E-state index < -0.39 is 5.92 Å². The van der Waals surface area contributed by atoms with Gasteiger partial charge in [-0.15, -0.1) is 0 Å². The molecule has 2 atom stereocenters. The molecule has 1 heterocycles. The van der Waals surface area contributed by atoms with Gasteiger partial charge in [0.15, 0.2) is 0 Å². The zero-order valence-corrected chi connectivity index (χ0v) is 19.2. The van der Waals surface area contributed by atoms with Crippen LogP contribution in [-0.2, 0) is 11.3 Å². The van der Waals surface area contributed by atoms with Gasteiger partial charge < -0.3 is 19.7 Å². The average Bonchev–Trinajstić information content (AvgIpc) is 3.33. The van der Waals surface area contributed by atoms with Crippen LogP contribution in [0.2, 0.25) is 0 Å². The van der Waals surface area contributed by atoms with Crippen LogP contribution in [-0.4, -0.2) is 44.0 Å². The van der Waals surface area contributed by atoms with Gasteiger partial charge in [-0.25, -0.2) is 4.39 Å². The average molecular weight is 463 g/mol. The van der Waals surface area contributed by atoms with Crippen LogP contribution in [0.4, 0.5) is 4.39 Å². The van der Waals surface area contributed by atoms with E-state index in [1.807, 2.05) is 30.3 Å². The highest BCUT2D eigenvalue weighted by molar-refractivity contribution is 5.95. The number of ether oxygens (including phenoxy) is 2. The minimum atomic E-state index is -0.492. The van der Waals surface area contributed by atoms with Crippen molar-refractivity contribution in [3.63, 3.8) is 0 Å². The van der Waals surface area contributed by atoms with E-state index in [0.29, 0.717) is 23.6 Å². The number of hydrogen-bond acceptors (Lipinski definition) is 4. The van der Waals surface area contributed by atoms with E-state index in [4.69, 9.17) is 9.47 Å². The molecule has 1 N–H and O–H groups in total. The number of hydrogen-bond donors (Lipinski definition) is 1. The number of likely N-dealkylation sites (tertiary alicyclic amines) is 1. The fraction of sp³-hybridized carbons (Fsp3) is 0.259. The largest absolute Gasteiger partial charge is 0.497 e. The third-order valence-electron chi connectivity index (χ3n) is 6.18. The summed E-state index contributed by atoms with van der Waals surface area (Å²) in [5.74, 6) is -0.125. The first-order valence-electron chi connectivity index (χ1n) is 11.1. The maximum absolute atomic E-state index is 13.3. The highest BCUT2D eigenvalue weighted by Gasteiger charge is 2.41. The Hall–Kier alpha value is -3.87. The molecule has 7 heteroatoms. The van der Waals surface area contributed by atoms with Crippen LogP contribution in [0.25, 0.3) is 0 Å². The van der Waals surface area contributed by atoms with Gasteiger partial charge >= 0.3 is 0 Å². The Morgan fingerprint density at radius 2 is 1.71 bits per heavy atom. The molecular formula is C27H27FN2O4. The van der Waals surface area contributed by atoms with Gasteiger partial charge in [0.1, 0.15) is 17.3 Å². The standard InChI is InChI=1S/C27H27FN2O4/c1-33-21-12-13-25(34-2)22(14-21)23-16-30(27(32)19-6-4-3-5-7-19)17-24(23)26(31)29-15-18-8-10-20(28)11-9-18/h3-14,23-24H,15-17H2,1-2H3,(H,29,31)/t23-,24+/m0/s1. The molecule has 0 bridgehead atoms. The van der Waals surface area contributed by atoms with Crippen molar-refractivity contribution in [2.75, 3.05) is 27.3 Å². The van der Waals surface area contributed by atoms with Crippen molar-refractivity contribution >= 4 is 11.8 Å². The van der Waals surface area contributed by atoms with Crippen molar-refractivity contribution in [1.82, 2.24) is 10.2 Å². The topological polar surface area (TPSA) is 67.9 Å². The van der Waals surface area contributed by atoms with Crippen molar-refractivity contribution in [3.05, 3.63) is 95.3 Å². The lowest BCUT2D eigenvalue weighted by Crippen LogP contribution is -2.35.